The maximum Gasteiger partial charge on any atom is 0.0604 e. The van der Waals surface area contributed by atoms with Crippen LogP contribution in [0, 0.1) is 0 Å². The molecule has 1 saturated carbocycles. The quantitative estimate of drug-likeness (QED) is 0.789. The molecule has 2 atom stereocenters. The lowest BCUT2D eigenvalue weighted by atomic mass is 9.84. The Morgan fingerprint density at radius 1 is 1.06 bits per heavy atom. The maximum atomic E-state index is 6.10. The molecule has 2 saturated heterocycles. The van der Waals surface area contributed by atoms with Crippen LogP contribution in [0.4, 0.5) is 0 Å². The Balaban J connectivity index is 1.57. The number of hydrogen-bond acceptors (Lipinski definition) is 3. The van der Waals surface area contributed by atoms with E-state index < -0.39 is 0 Å². The first-order chi connectivity index (χ1) is 7.78. The zero-order valence-electron chi connectivity index (χ0n) is 10.3. The minimum atomic E-state index is 0.469. The van der Waals surface area contributed by atoms with Gasteiger partial charge in [0.2, 0.25) is 0 Å². The van der Waals surface area contributed by atoms with E-state index in [4.69, 9.17) is 10.5 Å². The third-order valence-corrected chi connectivity index (χ3v) is 4.72. The Bertz CT molecular complexity index is 238. The summed E-state index contributed by atoms with van der Waals surface area (Å²) < 4.78 is 5.66. The molecule has 1 aliphatic carbocycles. The van der Waals surface area contributed by atoms with Crippen molar-refractivity contribution in [1.82, 2.24) is 4.90 Å². The molecular formula is C13H24N2O. The highest BCUT2D eigenvalue weighted by Crippen LogP contribution is 2.42. The lowest BCUT2D eigenvalue weighted by molar-refractivity contribution is -0.0687. The second-order valence-corrected chi connectivity index (χ2v) is 5.77. The van der Waals surface area contributed by atoms with Crippen molar-refractivity contribution in [1.29, 1.82) is 0 Å². The summed E-state index contributed by atoms with van der Waals surface area (Å²) in [5, 5.41) is 0. The highest BCUT2D eigenvalue weighted by molar-refractivity contribution is 5.02. The van der Waals surface area contributed by atoms with Crippen LogP contribution in [-0.4, -0.2) is 41.8 Å². The second kappa shape index (κ2) is 4.28. The number of hydrogen-bond donors (Lipinski definition) is 1. The molecule has 2 bridgehead atoms. The standard InChI is InChI=1S/C13H24N2O/c1-2-16-13-7-12(8-13)15-10-3-4-11(15)6-9(14)5-10/h9-13H,2-8,14H2,1H3. The molecule has 3 rings (SSSR count). The molecule has 0 radical (unpaired) electrons. The Hall–Kier alpha value is -0.120. The van der Waals surface area contributed by atoms with Crippen molar-refractivity contribution >= 4 is 0 Å². The Labute approximate surface area is 98.3 Å². The van der Waals surface area contributed by atoms with E-state index in [1.54, 1.807) is 0 Å². The van der Waals surface area contributed by atoms with Crippen LogP contribution in [0.2, 0.25) is 0 Å². The van der Waals surface area contributed by atoms with Gasteiger partial charge in [0.1, 0.15) is 0 Å². The average Bonchev–Trinajstić information content (AvgIpc) is 2.44. The summed E-state index contributed by atoms with van der Waals surface area (Å²) in [5.41, 5.74) is 6.10. The predicted octanol–water partition coefficient (Wildman–Crippen LogP) is 1.51. The molecule has 92 valence electrons. The van der Waals surface area contributed by atoms with Gasteiger partial charge in [0, 0.05) is 30.8 Å². The van der Waals surface area contributed by atoms with Crippen LogP contribution in [-0.2, 0) is 4.74 Å². The molecule has 0 aromatic rings. The second-order valence-electron chi connectivity index (χ2n) is 5.77. The average molecular weight is 224 g/mol. The fraction of sp³-hybridized carbons (Fsp3) is 1.00. The minimum Gasteiger partial charge on any atom is -0.378 e. The van der Waals surface area contributed by atoms with Crippen molar-refractivity contribution in [2.45, 2.75) is 75.7 Å². The van der Waals surface area contributed by atoms with Crippen molar-refractivity contribution in [3.05, 3.63) is 0 Å². The molecule has 3 aliphatic rings. The van der Waals surface area contributed by atoms with Gasteiger partial charge in [0.05, 0.1) is 6.10 Å². The number of piperidine rings is 1. The molecule has 16 heavy (non-hydrogen) atoms. The lowest BCUT2D eigenvalue weighted by Gasteiger charge is -2.49. The van der Waals surface area contributed by atoms with Gasteiger partial charge in [-0.3, -0.25) is 4.90 Å². The van der Waals surface area contributed by atoms with Crippen LogP contribution < -0.4 is 5.73 Å². The van der Waals surface area contributed by atoms with Gasteiger partial charge in [0.15, 0.2) is 0 Å². The molecule has 3 nitrogen and oxygen atoms in total. The zero-order valence-corrected chi connectivity index (χ0v) is 10.3. The van der Waals surface area contributed by atoms with Gasteiger partial charge in [-0.2, -0.15) is 0 Å². The monoisotopic (exact) mass is 224 g/mol. The summed E-state index contributed by atoms with van der Waals surface area (Å²) >= 11 is 0. The van der Waals surface area contributed by atoms with E-state index in [2.05, 4.69) is 11.8 Å². The zero-order chi connectivity index (χ0) is 11.1. The molecule has 0 amide bonds. The maximum absolute atomic E-state index is 6.10. The molecule has 0 spiro atoms. The number of nitrogens with zero attached hydrogens (tertiary/aromatic N) is 1. The van der Waals surface area contributed by atoms with E-state index in [-0.39, 0.29) is 0 Å². The van der Waals surface area contributed by atoms with E-state index in [1.165, 1.54) is 38.5 Å². The smallest absolute Gasteiger partial charge is 0.0604 e. The van der Waals surface area contributed by atoms with E-state index in [9.17, 15) is 0 Å². The molecular weight excluding hydrogens is 200 g/mol. The van der Waals surface area contributed by atoms with Crippen molar-refractivity contribution < 1.29 is 4.74 Å². The predicted molar refractivity (Wildman–Crippen MR) is 64.3 cm³/mol. The van der Waals surface area contributed by atoms with Crippen molar-refractivity contribution in [3.8, 4) is 0 Å². The van der Waals surface area contributed by atoms with Gasteiger partial charge in [-0.05, 0) is 45.4 Å². The van der Waals surface area contributed by atoms with Gasteiger partial charge < -0.3 is 10.5 Å². The summed E-state index contributed by atoms with van der Waals surface area (Å²) in [6.07, 6.45) is 8.29. The Morgan fingerprint density at radius 2 is 1.69 bits per heavy atom. The van der Waals surface area contributed by atoms with Crippen molar-refractivity contribution in [2.75, 3.05) is 6.61 Å². The summed E-state index contributed by atoms with van der Waals surface area (Å²) in [6.45, 7) is 2.96. The first kappa shape index (κ1) is 11.0. The number of rotatable bonds is 3. The Morgan fingerprint density at radius 3 is 2.25 bits per heavy atom. The summed E-state index contributed by atoms with van der Waals surface area (Å²) in [4.78, 5) is 2.79. The van der Waals surface area contributed by atoms with Crippen LogP contribution in [0.1, 0.15) is 45.4 Å². The van der Waals surface area contributed by atoms with E-state index in [1.807, 2.05) is 0 Å². The molecule has 2 N–H and O–H groups in total. The number of nitrogens with two attached hydrogens (primary N) is 1. The van der Waals surface area contributed by atoms with Gasteiger partial charge in [-0.15, -0.1) is 0 Å². The molecule has 3 heteroatoms. The molecule has 2 heterocycles. The fourth-order valence-electron chi connectivity index (χ4n) is 4.00. The van der Waals surface area contributed by atoms with Gasteiger partial charge in [-0.1, -0.05) is 0 Å². The molecule has 0 aromatic heterocycles. The fourth-order valence-corrected chi connectivity index (χ4v) is 4.00. The van der Waals surface area contributed by atoms with Crippen LogP contribution >= 0.6 is 0 Å². The SMILES string of the molecule is CCOC1CC(N2C3CCC2CC(N)C3)C1. The third-order valence-electron chi connectivity index (χ3n) is 4.72. The molecule has 2 unspecified atom stereocenters. The lowest BCUT2D eigenvalue weighted by Crippen LogP contribution is -2.57. The first-order valence-electron chi connectivity index (χ1n) is 6.92. The molecule has 3 fully saturated rings. The summed E-state index contributed by atoms with van der Waals surface area (Å²) in [7, 11) is 0. The van der Waals surface area contributed by atoms with Crippen LogP contribution in [0.5, 0.6) is 0 Å². The van der Waals surface area contributed by atoms with Crippen LogP contribution in [0.15, 0.2) is 0 Å². The highest BCUT2D eigenvalue weighted by Gasteiger charge is 2.46. The van der Waals surface area contributed by atoms with Crippen molar-refractivity contribution in [2.24, 2.45) is 5.73 Å². The van der Waals surface area contributed by atoms with E-state index >= 15 is 0 Å². The highest BCUT2D eigenvalue weighted by atomic mass is 16.5. The molecule has 0 aromatic carbocycles. The van der Waals surface area contributed by atoms with Crippen LogP contribution in [0.25, 0.3) is 0 Å². The van der Waals surface area contributed by atoms with Gasteiger partial charge >= 0.3 is 0 Å². The third kappa shape index (κ3) is 1.79. The van der Waals surface area contributed by atoms with Gasteiger partial charge in [-0.25, -0.2) is 0 Å². The van der Waals surface area contributed by atoms with Crippen LogP contribution in [0.3, 0.4) is 0 Å². The largest absolute Gasteiger partial charge is 0.378 e. The minimum absolute atomic E-state index is 0.469. The normalized spacial score (nSPS) is 48.0. The first-order valence-corrected chi connectivity index (χ1v) is 6.92. The molecule has 2 aliphatic heterocycles. The van der Waals surface area contributed by atoms with E-state index in [0.717, 1.165) is 24.7 Å². The summed E-state index contributed by atoms with van der Waals surface area (Å²) in [5.74, 6) is 0. The van der Waals surface area contributed by atoms with Crippen molar-refractivity contribution in [3.63, 3.8) is 0 Å². The Kier molecular flexibility index (Phi) is 2.94. The number of fused-ring (bicyclic) bond motifs is 2. The number of ether oxygens (including phenoxy) is 1. The topological polar surface area (TPSA) is 38.5 Å². The van der Waals surface area contributed by atoms with E-state index in [0.29, 0.717) is 12.1 Å². The van der Waals surface area contributed by atoms with Gasteiger partial charge in [0.25, 0.3) is 0 Å². The summed E-state index contributed by atoms with van der Waals surface area (Å²) in [6, 6.07) is 2.86.